The molecular formula is C23H25ClN4O4S. The van der Waals surface area contributed by atoms with E-state index >= 15 is 0 Å². The van der Waals surface area contributed by atoms with Crippen molar-refractivity contribution in [1.82, 2.24) is 20.1 Å². The first-order valence-corrected chi connectivity index (χ1v) is 11.9. The quantitative estimate of drug-likeness (QED) is 0.445. The van der Waals surface area contributed by atoms with E-state index in [9.17, 15) is 4.79 Å². The Morgan fingerprint density at radius 2 is 2.15 bits per heavy atom. The molecule has 1 amide bonds. The SMILES string of the molecule is CCn1c(SCC(=O)N[C@@H]2COc3ccc(OC)cc32)nnc1[C@H](C)Oc1cccc(Cl)c1. The summed E-state index contributed by atoms with van der Waals surface area (Å²) >= 11 is 7.38. The molecule has 0 saturated heterocycles. The molecule has 1 N–H and O–H groups in total. The number of hydrogen-bond acceptors (Lipinski definition) is 7. The molecule has 0 radical (unpaired) electrons. The predicted molar refractivity (Wildman–Crippen MR) is 126 cm³/mol. The van der Waals surface area contributed by atoms with E-state index in [0.29, 0.717) is 34.9 Å². The van der Waals surface area contributed by atoms with Gasteiger partial charge < -0.3 is 24.1 Å². The maximum atomic E-state index is 12.6. The maximum absolute atomic E-state index is 12.6. The van der Waals surface area contributed by atoms with Crippen molar-refractivity contribution in [2.75, 3.05) is 19.5 Å². The minimum atomic E-state index is -0.332. The number of rotatable bonds is 9. The number of benzene rings is 2. The highest BCUT2D eigenvalue weighted by molar-refractivity contribution is 7.99. The van der Waals surface area contributed by atoms with Gasteiger partial charge in [-0.15, -0.1) is 10.2 Å². The number of hydrogen-bond donors (Lipinski definition) is 1. The summed E-state index contributed by atoms with van der Waals surface area (Å²) in [7, 11) is 1.61. The minimum Gasteiger partial charge on any atom is -0.497 e. The van der Waals surface area contributed by atoms with Crippen molar-refractivity contribution >= 4 is 29.3 Å². The third-order valence-corrected chi connectivity index (χ3v) is 6.40. The summed E-state index contributed by atoms with van der Waals surface area (Å²) in [6.45, 7) is 4.96. The number of methoxy groups -OCH3 is 1. The topological polar surface area (TPSA) is 87.5 Å². The Morgan fingerprint density at radius 1 is 1.30 bits per heavy atom. The summed E-state index contributed by atoms with van der Waals surface area (Å²) < 4.78 is 18.9. The first kappa shape index (κ1) is 23.3. The van der Waals surface area contributed by atoms with Gasteiger partial charge in [-0.1, -0.05) is 29.4 Å². The van der Waals surface area contributed by atoms with Crippen LogP contribution in [0, 0.1) is 0 Å². The molecular weight excluding hydrogens is 464 g/mol. The van der Waals surface area contributed by atoms with Gasteiger partial charge in [-0.2, -0.15) is 0 Å². The normalized spacial score (nSPS) is 15.5. The van der Waals surface area contributed by atoms with Crippen LogP contribution in [0.3, 0.4) is 0 Å². The van der Waals surface area contributed by atoms with E-state index in [4.69, 9.17) is 25.8 Å². The third kappa shape index (κ3) is 5.36. The van der Waals surface area contributed by atoms with Crippen molar-refractivity contribution in [2.45, 2.75) is 37.7 Å². The molecule has 0 aliphatic carbocycles. The fourth-order valence-corrected chi connectivity index (χ4v) is 4.61. The largest absolute Gasteiger partial charge is 0.497 e. The van der Waals surface area contributed by atoms with E-state index in [1.807, 2.05) is 48.7 Å². The number of halogens is 1. The number of carbonyl (C=O) groups is 1. The zero-order valence-corrected chi connectivity index (χ0v) is 20.2. The lowest BCUT2D eigenvalue weighted by Gasteiger charge is -2.16. The van der Waals surface area contributed by atoms with Crippen molar-refractivity contribution in [3.05, 3.63) is 58.9 Å². The molecule has 0 saturated carbocycles. The second kappa shape index (κ2) is 10.4. The lowest BCUT2D eigenvalue weighted by atomic mass is 10.1. The standard InChI is InChI=1S/C23H25ClN4O4S/c1-4-28-22(14(2)32-17-7-5-6-15(24)10-17)26-27-23(28)33-13-21(29)25-19-12-31-20-9-8-16(30-3)11-18(19)20/h5-11,14,19H,4,12-13H2,1-3H3,(H,25,29)/t14-,19+/m0/s1. The zero-order valence-electron chi connectivity index (χ0n) is 18.6. The molecule has 174 valence electrons. The van der Waals surface area contributed by atoms with Crippen LogP contribution >= 0.6 is 23.4 Å². The molecule has 0 spiro atoms. The van der Waals surface area contributed by atoms with Crippen LogP contribution in [0.25, 0.3) is 0 Å². The van der Waals surface area contributed by atoms with E-state index in [2.05, 4.69) is 15.5 Å². The fraction of sp³-hybridized carbons (Fsp3) is 0.348. The lowest BCUT2D eigenvalue weighted by molar-refractivity contribution is -0.119. The van der Waals surface area contributed by atoms with Crippen LogP contribution in [0.4, 0.5) is 0 Å². The molecule has 2 heterocycles. The maximum Gasteiger partial charge on any atom is 0.231 e. The van der Waals surface area contributed by atoms with Gasteiger partial charge in [0.1, 0.15) is 23.9 Å². The van der Waals surface area contributed by atoms with E-state index < -0.39 is 0 Å². The molecule has 0 bridgehead atoms. The van der Waals surface area contributed by atoms with Crippen LogP contribution in [0.1, 0.15) is 37.4 Å². The zero-order chi connectivity index (χ0) is 23.4. The van der Waals surface area contributed by atoms with Gasteiger partial charge in [-0.3, -0.25) is 4.79 Å². The first-order valence-electron chi connectivity index (χ1n) is 10.6. The van der Waals surface area contributed by atoms with Crippen LogP contribution in [0.2, 0.25) is 5.02 Å². The van der Waals surface area contributed by atoms with E-state index in [1.54, 1.807) is 19.2 Å². The second-order valence-electron chi connectivity index (χ2n) is 7.43. The highest BCUT2D eigenvalue weighted by atomic mass is 35.5. The molecule has 2 atom stereocenters. The van der Waals surface area contributed by atoms with E-state index in [-0.39, 0.29) is 23.8 Å². The number of fused-ring (bicyclic) bond motifs is 1. The molecule has 0 unspecified atom stereocenters. The monoisotopic (exact) mass is 488 g/mol. The molecule has 1 aliphatic rings. The lowest BCUT2D eigenvalue weighted by Crippen LogP contribution is -2.30. The van der Waals surface area contributed by atoms with Crippen molar-refractivity contribution in [2.24, 2.45) is 0 Å². The fourth-order valence-electron chi connectivity index (χ4n) is 3.61. The summed E-state index contributed by atoms with van der Waals surface area (Å²) in [6, 6.07) is 12.6. The van der Waals surface area contributed by atoms with Crippen LogP contribution in [0.5, 0.6) is 17.2 Å². The van der Waals surface area contributed by atoms with E-state index in [0.717, 1.165) is 17.1 Å². The highest BCUT2D eigenvalue weighted by Crippen LogP contribution is 2.35. The number of ether oxygens (including phenoxy) is 3. The van der Waals surface area contributed by atoms with Crippen molar-refractivity contribution in [3.8, 4) is 17.2 Å². The average Bonchev–Trinajstić information content (AvgIpc) is 3.41. The molecule has 0 fully saturated rings. The Balaban J connectivity index is 1.37. The van der Waals surface area contributed by atoms with Crippen molar-refractivity contribution in [3.63, 3.8) is 0 Å². The smallest absolute Gasteiger partial charge is 0.231 e. The van der Waals surface area contributed by atoms with Crippen molar-refractivity contribution < 1.29 is 19.0 Å². The summed E-state index contributed by atoms with van der Waals surface area (Å²) in [5, 5.41) is 12.9. The number of carbonyl (C=O) groups excluding carboxylic acids is 1. The Bertz CT molecular complexity index is 1140. The molecule has 1 aromatic heterocycles. The number of thioether (sulfide) groups is 1. The first-order chi connectivity index (χ1) is 16.0. The molecule has 33 heavy (non-hydrogen) atoms. The second-order valence-corrected chi connectivity index (χ2v) is 8.80. The minimum absolute atomic E-state index is 0.111. The molecule has 2 aromatic carbocycles. The van der Waals surface area contributed by atoms with Crippen LogP contribution in [-0.2, 0) is 11.3 Å². The van der Waals surface area contributed by atoms with Gasteiger partial charge in [0.05, 0.1) is 18.9 Å². The summed E-state index contributed by atoms with van der Waals surface area (Å²) in [5.74, 6) is 2.93. The van der Waals surface area contributed by atoms with Gasteiger partial charge in [-0.05, 0) is 50.2 Å². The summed E-state index contributed by atoms with van der Waals surface area (Å²) in [5.41, 5.74) is 0.915. The summed E-state index contributed by atoms with van der Waals surface area (Å²) in [6.07, 6.45) is -0.332. The van der Waals surface area contributed by atoms with Gasteiger partial charge >= 0.3 is 0 Å². The van der Waals surface area contributed by atoms with Crippen LogP contribution in [-0.4, -0.2) is 40.1 Å². The molecule has 1 aliphatic heterocycles. The van der Waals surface area contributed by atoms with Gasteiger partial charge in [0.15, 0.2) is 17.1 Å². The molecule has 10 heteroatoms. The number of amides is 1. The Morgan fingerprint density at radius 3 is 2.91 bits per heavy atom. The average molecular weight is 489 g/mol. The molecule has 3 aromatic rings. The Kier molecular flexibility index (Phi) is 7.29. The molecule has 4 rings (SSSR count). The van der Waals surface area contributed by atoms with Gasteiger partial charge in [0.25, 0.3) is 0 Å². The predicted octanol–water partition coefficient (Wildman–Crippen LogP) is 4.44. The van der Waals surface area contributed by atoms with E-state index in [1.165, 1.54) is 11.8 Å². The third-order valence-electron chi connectivity index (χ3n) is 5.20. The van der Waals surface area contributed by atoms with Gasteiger partial charge in [0.2, 0.25) is 5.91 Å². The highest BCUT2D eigenvalue weighted by Gasteiger charge is 2.27. The number of nitrogens with one attached hydrogen (secondary N) is 1. The van der Waals surface area contributed by atoms with Gasteiger partial charge in [-0.25, -0.2) is 0 Å². The van der Waals surface area contributed by atoms with Gasteiger partial charge in [0, 0.05) is 17.1 Å². The van der Waals surface area contributed by atoms with Crippen LogP contribution < -0.4 is 19.5 Å². The Hall–Kier alpha value is -2.91. The number of nitrogens with zero attached hydrogens (tertiary/aromatic N) is 3. The number of aromatic nitrogens is 3. The van der Waals surface area contributed by atoms with Crippen LogP contribution in [0.15, 0.2) is 47.6 Å². The molecule has 8 nitrogen and oxygen atoms in total. The van der Waals surface area contributed by atoms with Crippen molar-refractivity contribution in [1.29, 1.82) is 0 Å². The Labute approximate surface area is 201 Å². The summed E-state index contributed by atoms with van der Waals surface area (Å²) in [4.78, 5) is 12.6.